The van der Waals surface area contributed by atoms with Gasteiger partial charge in [0, 0.05) is 11.0 Å². The van der Waals surface area contributed by atoms with Gasteiger partial charge in [-0.05, 0) is 18.9 Å². The van der Waals surface area contributed by atoms with Gasteiger partial charge in [-0.3, -0.25) is 0 Å². The quantitative estimate of drug-likeness (QED) is 0.625. The van der Waals surface area contributed by atoms with E-state index in [1.165, 1.54) is 6.07 Å². The molecular formula is C11H14O3. The van der Waals surface area contributed by atoms with Crippen molar-refractivity contribution in [2.45, 2.75) is 24.7 Å². The Morgan fingerprint density at radius 3 is 2.43 bits per heavy atom. The van der Waals surface area contributed by atoms with Gasteiger partial charge in [-0.25, -0.2) is 0 Å². The van der Waals surface area contributed by atoms with Crippen LogP contribution in [-0.2, 0) is 5.41 Å². The number of para-hydroxylation sites is 1. The van der Waals surface area contributed by atoms with Crippen molar-refractivity contribution in [1.82, 2.24) is 0 Å². The number of hydrogen-bond donors (Lipinski definition) is 3. The molecule has 3 nitrogen and oxygen atoms in total. The van der Waals surface area contributed by atoms with Gasteiger partial charge in [0.25, 0.3) is 0 Å². The molecule has 0 radical (unpaired) electrons. The van der Waals surface area contributed by atoms with Crippen molar-refractivity contribution in [1.29, 1.82) is 0 Å². The Morgan fingerprint density at radius 2 is 1.93 bits per heavy atom. The topological polar surface area (TPSA) is 60.7 Å². The maximum Gasteiger partial charge on any atom is 0.161 e. The highest BCUT2D eigenvalue weighted by Gasteiger charge is 2.40. The summed E-state index contributed by atoms with van der Waals surface area (Å²) in [5, 5.41) is 28.3. The first kappa shape index (κ1) is 9.34. The van der Waals surface area contributed by atoms with Gasteiger partial charge >= 0.3 is 0 Å². The van der Waals surface area contributed by atoms with E-state index < -0.39 is 0 Å². The summed E-state index contributed by atoms with van der Waals surface area (Å²) >= 11 is 0. The first-order valence-corrected chi connectivity index (χ1v) is 4.82. The van der Waals surface area contributed by atoms with Crippen molar-refractivity contribution >= 4 is 0 Å². The fraction of sp³-hybridized carbons (Fsp3) is 0.455. The normalized spacial score (nSPS) is 18.9. The number of rotatable bonds is 2. The summed E-state index contributed by atoms with van der Waals surface area (Å²) in [4.78, 5) is 0. The maximum absolute atomic E-state index is 9.67. The Balaban J connectivity index is 2.45. The summed E-state index contributed by atoms with van der Waals surface area (Å²) in [5.41, 5.74) is 0.356. The molecular weight excluding hydrogens is 180 g/mol. The lowest BCUT2D eigenvalue weighted by Gasteiger charge is -2.41. The van der Waals surface area contributed by atoms with Crippen LogP contribution < -0.4 is 0 Å². The molecule has 0 bridgehead atoms. The lowest BCUT2D eigenvalue weighted by atomic mass is 9.65. The molecule has 0 atom stereocenters. The molecule has 0 heterocycles. The Hall–Kier alpha value is -1.22. The first-order valence-electron chi connectivity index (χ1n) is 4.82. The lowest BCUT2D eigenvalue weighted by molar-refractivity contribution is 0.117. The molecule has 3 heteroatoms. The molecule has 3 N–H and O–H groups in total. The van der Waals surface area contributed by atoms with Gasteiger partial charge in [0.1, 0.15) is 0 Å². The van der Waals surface area contributed by atoms with Crippen molar-refractivity contribution in [3.8, 4) is 11.5 Å². The van der Waals surface area contributed by atoms with Crippen LogP contribution in [0.15, 0.2) is 18.2 Å². The fourth-order valence-electron chi connectivity index (χ4n) is 2.08. The Morgan fingerprint density at radius 1 is 1.21 bits per heavy atom. The van der Waals surface area contributed by atoms with E-state index in [9.17, 15) is 15.3 Å². The highest BCUT2D eigenvalue weighted by molar-refractivity contribution is 5.49. The Kier molecular flexibility index (Phi) is 2.11. The monoisotopic (exact) mass is 194 g/mol. The highest BCUT2D eigenvalue weighted by atomic mass is 16.3. The summed E-state index contributed by atoms with van der Waals surface area (Å²) in [5.74, 6) is -0.191. The van der Waals surface area contributed by atoms with Crippen molar-refractivity contribution in [3.05, 3.63) is 23.8 Å². The molecule has 2 rings (SSSR count). The van der Waals surface area contributed by atoms with Gasteiger partial charge in [-0.1, -0.05) is 18.6 Å². The second kappa shape index (κ2) is 3.17. The molecule has 1 aromatic carbocycles. The van der Waals surface area contributed by atoms with Gasteiger partial charge in [-0.2, -0.15) is 0 Å². The summed E-state index contributed by atoms with van der Waals surface area (Å²) in [7, 11) is 0. The molecule has 0 unspecified atom stereocenters. The van der Waals surface area contributed by atoms with Crippen molar-refractivity contribution in [2.24, 2.45) is 0 Å². The van der Waals surface area contributed by atoms with Gasteiger partial charge in [0.15, 0.2) is 11.5 Å². The number of aromatic hydroxyl groups is 2. The fourth-order valence-corrected chi connectivity index (χ4v) is 2.08. The van der Waals surface area contributed by atoms with E-state index in [0.717, 1.165) is 19.3 Å². The molecule has 0 amide bonds. The molecule has 0 saturated heterocycles. The molecule has 1 aliphatic carbocycles. The molecule has 14 heavy (non-hydrogen) atoms. The van der Waals surface area contributed by atoms with Gasteiger partial charge in [0.2, 0.25) is 0 Å². The van der Waals surface area contributed by atoms with Crippen molar-refractivity contribution in [3.63, 3.8) is 0 Å². The van der Waals surface area contributed by atoms with Gasteiger partial charge in [-0.15, -0.1) is 0 Å². The highest BCUT2D eigenvalue weighted by Crippen LogP contribution is 2.48. The molecule has 0 spiro atoms. The van der Waals surface area contributed by atoms with Crippen LogP contribution in [0.5, 0.6) is 11.5 Å². The molecule has 76 valence electrons. The van der Waals surface area contributed by atoms with E-state index >= 15 is 0 Å². The largest absolute Gasteiger partial charge is 0.504 e. The average Bonchev–Trinajstić information content (AvgIpc) is 2.11. The van der Waals surface area contributed by atoms with Crippen LogP contribution in [-0.4, -0.2) is 21.9 Å². The molecule has 1 saturated carbocycles. The van der Waals surface area contributed by atoms with Crippen LogP contribution in [0.4, 0.5) is 0 Å². The van der Waals surface area contributed by atoms with Crippen molar-refractivity contribution in [2.75, 3.05) is 6.61 Å². The van der Waals surface area contributed by atoms with E-state index in [2.05, 4.69) is 0 Å². The zero-order valence-corrected chi connectivity index (χ0v) is 7.90. The van der Waals surface area contributed by atoms with E-state index in [0.29, 0.717) is 5.56 Å². The summed E-state index contributed by atoms with van der Waals surface area (Å²) in [6.45, 7) is 0.0318. The smallest absolute Gasteiger partial charge is 0.161 e. The number of phenols is 2. The third-order valence-electron chi connectivity index (χ3n) is 3.20. The van der Waals surface area contributed by atoms with Gasteiger partial charge < -0.3 is 15.3 Å². The second-order valence-electron chi connectivity index (χ2n) is 3.97. The average molecular weight is 194 g/mol. The van der Waals surface area contributed by atoms with Crippen LogP contribution in [0.1, 0.15) is 24.8 Å². The number of aliphatic hydroxyl groups is 1. The third-order valence-corrected chi connectivity index (χ3v) is 3.20. The van der Waals surface area contributed by atoms with Crippen LogP contribution in [0.2, 0.25) is 0 Å². The predicted octanol–water partition coefficient (Wildman–Crippen LogP) is 1.51. The molecule has 1 aromatic rings. The summed E-state index contributed by atoms with van der Waals surface area (Å²) in [6, 6.07) is 4.91. The number of phenolic OH excluding ortho intramolecular Hbond substituents is 2. The molecule has 1 fully saturated rings. The third kappa shape index (κ3) is 1.16. The summed E-state index contributed by atoms with van der Waals surface area (Å²) in [6.07, 6.45) is 2.82. The Labute approximate surface area is 82.6 Å². The molecule has 0 aliphatic heterocycles. The van der Waals surface area contributed by atoms with Crippen LogP contribution in [0.25, 0.3) is 0 Å². The standard InChI is InChI=1S/C11H14O3/c12-7-11(5-2-6-11)8-3-1-4-9(13)10(8)14/h1,3-4,12-14H,2,5-7H2. The SMILES string of the molecule is OCC1(c2cccc(O)c2O)CCC1. The number of aliphatic hydroxyl groups excluding tert-OH is 1. The summed E-state index contributed by atoms with van der Waals surface area (Å²) < 4.78 is 0. The van der Waals surface area contributed by atoms with Crippen LogP contribution >= 0.6 is 0 Å². The first-order chi connectivity index (χ1) is 6.69. The van der Waals surface area contributed by atoms with E-state index in [4.69, 9.17) is 0 Å². The van der Waals surface area contributed by atoms with Crippen LogP contribution in [0, 0.1) is 0 Å². The zero-order chi connectivity index (χ0) is 10.2. The maximum atomic E-state index is 9.67. The molecule has 0 aromatic heterocycles. The minimum absolute atomic E-state index is 0.0318. The molecule has 1 aliphatic rings. The van der Waals surface area contributed by atoms with E-state index in [-0.39, 0.29) is 23.5 Å². The van der Waals surface area contributed by atoms with Crippen molar-refractivity contribution < 1.29 is 15.3 Å². The lowest BCUT2D eigenvalue weighted by Crippen LogP contribution is -2.37. The zero-order valence-electron chi connectivity index (χ0n) is 7.90. The number of hydrogen-bond acceptors (Lipinski definition) is 3. The minimum Gasteiger partial charge on any atom is -0.504 e. The predicted molar refractivity (Wildman–Crippen MR) is 52.4 cm³/mol. The Bertz CT molecular complexity index is 337. The van der Waals surface area contributed by atoms with E-state index in [1.54, 1.807) is 12.1 Å². The number of benzene rings is 1. The van der Waals surface area contributed by atoms with E-state index in [1.807, 2.05) is 0 Å². The second-order valence-corrected chi connectivity index (χ2v) is 3.97. The minimum atomic E-state index is -0.317. The van der Waals surface area contributed by atoms with Gasteiger partial charge in [0.05, 0.1) is 6.61 Å². The van der Waals surface area contributed by atoms with Crippen LogP contribution in [0.3, 0.4) is 0 Å².